The van der Waals surface area contributed by atoms with E-state index in [1.807, 2.05) is 31.2 Å². The molecule has 1 aromatic rings. The van der Waals surface area contributed by atoms with Crippen LogP contribution in [-0.4, -0.2) is 12.5 Å². The maximum absolute atomic E-state index is 5.41. The molecule has 0 bridgehead atoms. The fourth-order valence-corrected chi connectivity index (χ4v) is 1.24. The first-order chi connectivity index (χ1) is 7.63. The SMILES string of the molecule is Cc1ccccc1NC(=NCC(C)C)NN. The monoisotopic (exact) mass is 220 g/mol. The summed E-state index contributed by atoms with van der Waals surface area (Å²) >= 11 is 0. The number of aryl methyl sites for hydroxylation is 1. The fraction of sp³-hybridized carbons (Fsp3) is 0.417. The molecule has 0 unspecified atom stereocenters. The molecule has 0 fully saturated rings. The van der Waals surface area contributed by atoms with Crippen LogP contribution in [-0.2, 0) is 0 Å². The number of nitrogens with zero attached hydrogens (tertiary/aromatic N) is 1. The van der Waals surface area contributed by atoms with Gasteiger partial charge in [-0.2, -0.15) is 0 Å². The zero-order valence-corrected chi connectivity index (χ0v) is 10.1. The number of hydrogen-bond acceptors (Lipinski definition) is 2. The Bertz CT molecular complexity index is 358. The van der Waals surface area contributed by atoms with Gasteiger partial charge in [-0.1, -0.05) is 32.0 Å². The van der Waals surface area contributed by atoms with E-state index in [0.717, 1.165) is 17.8 Å². The van der Waals surface area contributed by atoms with Crippen LogP contribution >= 0.6 is 0 Å². The quantitative estimate of drug-likeness (QED) is 0.315. The number of anilines is 1. The van der Waals surface area contributed by atoms with Crippen molar-refractivity contribution < 1.29 is 0 Å². The minimum atomic E-state index is 0.516. The lowest BCUT2D eigenvalue weighted by Crippen LogP contribution is -2.36. The smallest absolute Gasteiger partial charge is 0.210 e. The number of guanidine groups is 1. The second-order valence-electron chi connectivity index (χ2n) is 4.17. The van der Waals surface area contributed by atoms with Crippen LogP contribution in [0.3, 0.4) is 0 Å². The molecule has 88 valence electrons. The molecule has 0 spiro atoms. The van der Waals surface area contributed by atoms with E-state index in [2.05, 4.69) is 29.6 Å². The molecule has 4 heteroatoms. The summed E-state index contributed by atoms with van der Waals surface area (Å²) in [4.78, 5) is 4.35. The van der Waals surface area contributed by atoms with Crippen molar-refractivity contribution in [2.45, 2.75) is 20.8 Å². The van der Waals surface area contributed by atoms with E-state index in [9.17, 15) is 0 Å². The molecule has 1 rings (SSSR count). The van der Waals surface area contributed by atoms with E-state index in [1.165, 1.54) is 0 Å². The average Bonchev–Trinajstić information content (AvgIpc) is 2.26. The van der Waals surface area contributed by atoms with Gasteiger partial charge < -0.3 is 5.32 Å². The van der Waals surface area contributed by atoms with E-state index in [0.29, 0.717) is 11.9 Å². The summed E-state index contributed by atoms with van der Waals surface area (Å²) in [6.45, 7) is 7.02. The van der Waals surface area contributed by atoms with Crippen molar-refractivity contribution >= 4 is 11.6 Å². The van der Waals surface area contributed by atoms with Gasteiger partial charge in [0.2, 0.25) is 5.96 Å². The van der Waals surface area contributed by atoms with E-state index in [1.54, 1.807) is 0 Å². The van der Waals surface area contributed by atoms with Crippen molar-refractivity contribution in [3.63, 3.8) is 0 Å². The molecule has 0 heterocycles. The van der Waals surface area contributed by atoms with Gasteiger partial charge in [0.05, 0.1) is 0 Å². The molecule has 0 aliphatic rings. The zero-order valence-electron chi connectivity index (χ0n) is 10.1. The summed E-state index contributed by atoms with van der Waals surface area (Å²) in [5, 5.41) is 3.17. The van der Waals surface area contributed by atoms with Crippen LogP contribution in [0.25, 0.3) is 0 Å². The maximum atomic E-state index is 5.41. The molecule has 0 atom stereocenters. The molecule has 0 aliphatic carbocycles. The molecular weight excluding hydrogens is 200 g/mol. The third kappa shape index (κ3) is 3.90. The number of nitrogens with one attached hydrogen (secondary N) is 2. The second kappa shape index (κ2) is 6.12. The Morgan fingerprint density at radius 1 is 1.38 bits per heavy atom. The van der Waals surface area contributed by atoms with Crippen LogP contribution in [0.15, 0.2) is 29.3 Å². The molecule has 0 saturated carbocycles. The van der Waals surface area contributed by atoms with Crippen LogP contribution in [0.2, 0.25) is 0 Å². The third-order valence-electron chi connectivity index (χ3n) is 2.15. The first-order valence-corrected chi connectivity index (χ1v) is 5.47. The maximum Gasteiger partial charge on any atom is 0.210 e. The Morgan fingerprint density at radius 3 is 2.62 bits per heavy atom. The van der Waals surface area contributed by atoms with E-state index >= 15 is 0 Å². The molecule has 16 heavy (non-hydrogen) atoms. The number of benzene rings is 1. The summed E-state index contributed by atoms with van der Waals surface area (Å²) in [5.41, 5.74) is 4.75. The zero-order chi connectivity index (χ0) is 12.0. The Kier molecular flexibility index (Phi) is 4.79. The van der Waals surface area contributed by atoms with E-state index < -0.39 is 0 Å². The topological polar surface area (TPSA) is 62.4 Å². The Labute approximate surface area is 96.9 Å². The van der Waals surface area contributed by atoms with E-state index in [-0.39, 0.29) is 0 Å². The number of aliphatic imine (C=N–C) groups is 1. The number of hydrogen-bond donors (Lipinski definition) is 3. The predicted octanol–water partition coefficient (Wildman–Crippen LogP) is 1.88. The molecule has 0 saturated heterocycles. The van der Waals surface area contributed by atoms with E-state index in [4.69, 9.17) is 5.84 Å². The van der Waals surface area contributed by atoms with Crippen LogP contribution in [0.4, 0.5) is 5.69 Å². The van der Waals surface area contributed by atoms with Gasteiger partial charge in [0.15, 0.2) is 0 Å². The lowest BCUT2D eigenvalue weighted by atomic mass is 10.2. The van der Waals surface area contributed by atoms with Crippen LogP contribution in [0.1, 0.15) is 19.4 Å². The first kappa shape index (κ1) is 12.5. The summed E-state index contributed by atoms with van der Waals surface area (Å²) < 4.78 is 0. The van der Waals surface area contributed by atoms with Crippen LogP contribution in [0.5, 0.6) is 0 Å². The Hall–Kier alpha value is -1.55. The van der Waals surface area contributed by atoms with Crippen molar-refractivity contribution in [3.8, 4) is 0 Å². The Balaban J connectivity index is 2.70. The van der Waals surface area contributed by atoms with Crippen molar-refractivity contribution in [1.29, 1.82) is 0 Å². The van der Waals surface area contributed by atoms with Crippen molar-refractivity contribution in [2.24, 2.45) is 16.8 Å². The van der Waals surface area contributed by atoms with Gasteiger partial charge in [0.25, 0.3) is 0 Å². The molecule has 0 aliphatic heterocycles. The molecule has 0 aromatic heterocycles. The van der Waals surface area contributed by atoms with Gasteiger partial charge in [-0.15, -0.1) is 0 Å². The summed E-state index contributed by atoms with van der Waals surface area (Å²) in [7, 11) is 0. The van der Waals surface area contributed by atoms with Gasteiger partial charge in [-0.05, 0) is 24.5 Å². The normalized spacial score (nSPS) is 11.7. The number of para-hydroxylation sites is 1. The highest BCUT2D eigenvalue weighted by Gasteiger charge is 2.00. The summed E-state index contributed by atoms with van der Waals surface area (Å²) in [5.74, 6) is 6.53. The molecule has 0 amide bonds. The highest BCUT2D eigenvalue weighted by Crippen LogP contribution is 2.12. The largest absolute Gasteiger partial charge is 0.325 e. The lowest BCUT2D eigenvalue weighted by Gasteiger charge is -2.11. The van der Waals surface area contributed by atoms with Crippen molar-refractivity contribution in [2.75, 3.05) is 11.9 Å². The molecule has 4 N–H and O–H groups in total. The third-order valence-corrected chi connectivity index (χ3v) is 2.15. The molecular formula is C12H20N4. The minimum absolute atomic E-state index is 0.516. The molecule has 1 aromatic carbocycles. The second-order valence-corrected chi connectivity index (χ2v) is 4.17. The van der Waals surface area contributed by atoms with Crippen LogP contribution < -0.4 is 16.6 Å². The van der Waals surface area contributed by atoms with Crippen LogP contribution in [0, 0.1) is 12.8 Å². The highest BCUT2D eigenvalue weighted by atomic mass is 15.3. The summed E-state index contributed by atoms with van der Waals surface area (Å²) in [6, 6.07) is 8.02. The fourth-order valence-electron chi connectivity index (χ4n) is 1.24. The number of rotatable bonds is 3. The van der Waals surface area contributed by atoms with Gasteiger partial charge in [-0.3, -0.25) is 10.4 Å². The van der Waals surface area contributed by atoms with Gasteiger partial charge in [0.1, 0.15) is 0 Å². The lowest BCUT2D eigenvalue weighted by molar-refractivity contribution is 0.663. The van der Waals surface area contributed by atoms with Gasteiger partial charge in [-0.25, -0.2) is 5.84 Å². The highest BCUT2D eigenvalue weighted by molar-refractivity contribution is 5.93. The van der Waals surface area contributed by atoms with Gasteiger partial charge in [0, 0.05) is 12.2 Å². The average molecular weight is 220 g/mol. The molecule has 0 radical (unpaired) electrons. The molecule has 4 nitrogen and oxygen atoms in total. The number of hydrazine groups is 1. The van der Waals surface area contributed by atoms with Crippen molar-refractivity contribution in [3.05, 3.63) is 29.8 Å². The first-order valence-electron chi connectivity index (χ1n) is 5.47. The standard InChI is InChI=1S/C12H20N4/c1-9(2)8-14-12(16-13)15-11-7-5-4-6-10(11)3/h4-7,9H,8,13H2,1-3H3,(H2,14,15,16). The number of nitrogens with two attached hydrogens (primary N) is 1. The predicted molar refractivity (Wildman–Crippen MR) is 69.3 cm³/mol. The summed E-state index contributed by atoms with van der Waals surface area (Å²) in [6.07, 6.45) is 0. The van der Waals surface area contributed by atoms with Gasteiger partial charge >= 0.3 is 0 Å². The minimum Gasteiger partial charge on any atom is -0.325 e. The Morgan fingerprint density at radius 2 is 2.06 bits per heavy atom. The van der Waals surface area contributed by atoms with Crippen molar-refractivity contribution in [1.82, 2.24) is 5.43 Å².